The second kappa shape index (κ2) is 6.69. The lowest BCUT2D eigenvalue weighted by Crippen LogP contribution is -2.26. The molecule has 0 saturated heterocycles. The van der Waals surface area contributed by atoms with Crippen molar-refractivity contribution < 1.29 is 9.53 Å². The van der Waals surface area contributed by atoms with Gasteiger partial charge in [-0.1, -0.05) is 26.7 Å². The van der Waals surface area contributed by atoms with Crippen LogP contribution in [-0.4, -0.2) is 18.0 Å². The van der Waals surface area contributed by atoms with Gasteiger partial charge in [-0.05, 0) is 63.5 Å². The van der Waals surface area contributed by atoms with E-state index in [0.717, 1.165) is 18.9 Å². The molecule has 19 heavy (non-hydrogen) atoms. The number of ketones is 1. The minimum Gasteiger partial charge on any atom is -0.371 e. The first kappa shape index (κ1) is 16.4. The zero-order valence-electron chi connectivity index (χ0n) is 13.3. The van der Waals surface area contributed by atoms with Gasteiger partial charge in [0.2, 0.25) is 0 Å². The van der Waals surface area contributed by atoms with Gasteiger partial charge in [0.1, 0.15) is 0 Å². The largest absolute Gasteiger partial charge is 0.371 e. The van der Waals surface area contributed by atoms with Crippen LogP contribution in [0.25, 0.3) is 0 Å². The molecule has 1 rings (SSSR count). The van der Waals surface area contributed by atoms with Gasteiger partial charge >= 0.3 is 0 Å². The van der Waals surface area contributed by atoms with Crippen molar-refractivity contribution in [1.82, 2.24) is 0 Å². The Balaban J connectivity index is 2.31. The topological polar surface area (TPSA) is 26.3 Å². The summed E-state index contributed by atoms with van der Waals surface area (Å²) < 4.78 is 5.91. The first-order chi connectivity index (χ1) is 8.70. The van der Waals surface area contributed by atoms with E-state index in [2.05, 4.69) is 13.8 Å². The molecule has 0 aromatic carbocycles. The van der Waals surface area contributed by atoms with Gasteiger partial charge in [-0.3, -0.25) is 4.79 Å². The summed E-state index contributed by atoms with van der Waals surface area (Å²) in [6.07, 6.45) is 9.98. The van der Waals surface area contributed by atoms with Crippen LogP contribution in [0, 0.1) is 11.3 Å². The molecular formula is C17H30O2. The highest BCUT2D eigenvalue weighted by atomic mass is 16.5. The number of carbonyl (C=O) groups excluding carboxylic acids is 1. The zero-order chi connectivity index (χ0) is 14.5. The third-order valence-corrected chi connectivity index (χ3v) is 4.03. The summed E-state index contributed by atoms with van der Waals surface area (Å²) in [5.41, 5.74) is 0.169. The lowest BCUT2D eigenvalue weighted by molar-refractivity contribution is -0.112. The maximum atomic E-state index is 10.9. The molecule has 1 unspecified atom stereocenters. The van der Waals surface area contributed by atoms with E-state index in [1.807, 2.05) is 19.9 Å². The molecule has 0 spiro atoms. The number of allylic oxidation sites excluding steroid dienone is 1. The van der Waals surface area contributed by atoms with E-state index in [-0.39, 0.29) is 11.4 Å². The predicted octanol–water partition coefficient (Wildman–Crippen LogP) is 4.53. The fourth-order valence-corrected chi connectivity index (χ4v) is 2.96. The van der Waals surface area contributed by atoms with Gasteiger partial charge in [-0.2, -0.15) is 0 Å². The lowest BCUT2D eigenvalue weighted by atomic mass is 9.71. The predicted molar refractivity (Wildman–Crippen MR) is 80.2 cm³/mol. The van der Waals surface area contributed by atoms with Crippen molar-refractivity contribution in [1.29, 1.82) is 0 Å². The Hall–Kier alpha value is -0.630. The molecule has 110 valence electrons. The van der Waals surface area contributed by atoms with Crippen LogP contribution < -0.4 is 0 Å². The molecule has 0 N–H and O–H groups in total. The summed E-state index contributed by atoms with van der Waals surface area (Å²) in [4.78, 5) is 10.9. The molecule has 1 atom stereocenters. The minimum atomic E-state index is -0.337. The lowest BCUT2D eigenvalue weighted by Gasteiger charge is -2.35. The SMILES string of the molecule is CC(=O)C=CC(C)(C)OCCC1CCCC(C)(C)C1. The normalized spacial score (nSPS) is 23.7. The van der Waals surface area contributed by atoms with Crippen molar-refractivity contribution in [3.63, 3.8) is 0 Å². The summed E-state index contributed by atoms with van der Waals surface area (Å²) >= 11 is 0. The molecule has 0 heterocycles. The van der Waals surface area contributed by atoms with E-state index in [0.29, 0.717) is 5.41 Å². The van der Waals surface area contributed by atoms with Crippen LogP contribution in [0.2, 0.25) is 0 Å². The van der Waals surface area contributed by atoms with Crippen LogP contribution >= 0.6 is 0 Å². The molecule has 2 nitrogen and oxygen atoms in total. The molecule has 0 aromatic rings. The van der Waals surface area contributed by atoms with Gasteiger partial charge in [-0.15, -0.1) is 0 Å². The third-order valence-electron chi connectivity index (χ3n) is 4.03. The van der Waals surface area contributed by atoms with E-state index in [4.69, 9.17) is 4.74 Å². The van der Waals surface area contributed by atoms with Gasteiger partial charge in [0.25, 0.3) is 0 Å². The first-order valence-corrected chi connectivity index (χ1v) is 7.54. The van der Waals surface area contributed by atoms with Gasteiger partial charge < -0.3 is 4.74 Å². The average molecular weight is 266 g/mol. The Bertz CT molecular complexity index is 326. The van der Waals surface area contributed by atoms with Crippen LogP contribution in [0.15, 0.2) is 12.2 Å². The molecule has 0 radical (unpaired) electrons. The van der Waals surface area contributed by atoms with E-state index in [9.17, 15) is 4.79 Å². The van der Waals surface area contributed by atoms with Crippen molar-refractivity contribution in [2.45, 2.75) is 72.3 Å². The number of rotatable bonds is 6. The molecule has 1 aliphatic rings. The fraction of sp³-hybridized carbons (Fsp3) is 0.824. The van der Waals surface area contributed by atoms with Gasteiger partial charge in [-0.25, -0.2) is 0 Å². The molecule has 0 amide bonds. The van der Waals surface area contributed by atoms with Crippen molar-refractivity contribution in [3.05, 3.63) is 12.2 Å². The summed E-state index contributed by atoms with van der Waals surface area (Å²) in [6, 6.07) is 0. The smallest absolute Gasteiger partial charge is 0.152 e. The van der Waals surface area contributed by atoms with Gasteiger partial charge in [0, 0.05) is 6.61 Å². The third kappa shape index (κ3) is 6.91. The molecule has 0 aromatic heterocycles. The van der Waals surface area contributed by atoms with Gasteiger partial charge in [0.05, 0.1) is 5.60 Å². The number of ether oxygens (including phenoxy) is 1. The number of carbonyl (C=O) groups is 1. The van der Waals surface area contributed by atoms with E-state index < -0.39 is 0 Å². The van der Waals surface area contributed by atoms with Crippen LogP contribution in [0.4, 0.5) is 0 Å². The second-order valence-corrected chi connectivity index (χ2v) is 7.31. The maximum absolute atomic E-state index is 10.9. The molecule has 2 heteroatoms. The molecule has 1 fully saturated rings. The Morgan fingerprint density at radius 3 is 2.68 bits per heavy atom. The molecule has 0 aliphatic heterocycles. The van der Waals surface area contributed by atoms with E-state index in [1.165, 1.54) is 25.7 Å². The zero-order valence-corrected chi connectivity index (χ0v) is 13.3. The molecular weight excluding hydrogens is 236 g/mol. The molecule has 1 aliphatic carbocycles. The van der Waals surface area contributed by atoms with Crippen LogP contribution in [0.5, 0.6) is 0 Å². The Morgan fingerprint density at radius 2 is 2.11 bits per heavy atom. The Kier molecular flexibility index (Phi) is 5.79. The Labute approximate surface area is 118 Å². The second-order valence-electron chi connectivity index (χ2n) is 7.31. The van der Waals surface area contributed by atoms with Crippen molar-refractivity contribution in [3.8, 4) is 0 Å². The van der Waals surface area contributed by atoms with Crippen molar-refractivity contribution in [2.75, 3.05) is 6.61 Å². The van der Waals surface area contributed by atoms with E-state index >= 15 is 0 Å². The van der Waals surface area contributed by atoms with Crippen molar-refractivity contribution >= 4 is 5.78 Å². The highest BCUT2D eigenvalue weighted by Gasteiger charge is 2.28. The first-order valence-electron chi connectivity index (χ1n) is 7.54. The average Bonchev–Trinajstić information content (AvgIpc) is 2.25. The maximum Gasteiger partial charge on any atom is 0.152 e. The Morgan fingerprint density at radius 1 is 1.42 bits per heavy atom. The summed E-state index contributed by atoms with van der Waals surface area (Å²) in [7, 11) is 0. The van der Waals surface area contributed by atoms with Crippen LogP contribution in [-0.2, 0) is 9.53 Å². The summed E-state index contributed by atoms with van der Waals surface area (Å²) in [6.45, 7) is 11.1. The number of hydrogen-bond acceptors (Lipinski definition) is 2. The van der Waals surface area contributed by atoms with Crippen molar-refractivity contribution in [2.24, 2.45) is 11.3 Å². The van der Waals surface area contributed by atoms with E-state index in [1.54, 1.807) is 13.0 Å². The molecule has 1 saturated carbocycles. The summed E-state index contributed by atoms with van der Waals surface area (Å²) in [5.74, 6) is 0.877. The van der Waals surface area contributed by atoms with Crippen LogP contribution in [0.1, 0.15) is 66.7 Å². The summed E-state index contributed by atoms with van der Waals surface area (Å²) in [5, 5.41) is 0. The van der Waals surface area contributed by atoms with Gasteiger partial charge in [0.15, 0.2) is 5.78 Å². The minimum absolute atomic E-state index is 0.0747. The highest BCUT2D eigenvalue weighted by Crippen LogP contribution is 2.39. The quantitative estimate of drug-likeness (QED) is 0.660. The molecule has 0 bridgehead atoms. The standard InChI is InChI=1S/C17H30O2/c1-14(18)8-11-17(4,5)19-12-9-15-7-6-10-16(2,3)13-15/h8,11,15H,6-7,9-10,12-13H2,1-5H3. The highest BCUT2D eigenvalue weighted by molar-refractivity contribution is 5.87. The number of hydrogen-bond donors (Lipinski definition) is 0. The van der Waals surface area contributed by atoms with Crippen LogP contribution in [0.3, 0.4) is 0 Å². The monoisotopic (exact) mass is 266 g/mol. The fourth-order valence-electron chi connectivity index (χ4n) is 2.96.